The number of pyridine rings is 1. The molecule has 1 aromatic rings. The fourth-order valence-electron chi connectivity index (χ4n) is 1.88. The topological polar surface area (TPSA) is 51.4 Å². The Morgan fingerprint density at radius 1 is 1.47 bits per heavy atom. The molecule has 0 saturated heterocycles. The predicted octanol–water partition coefficient (Wildman–Crippen LogP) is 1.56. The molecule has 4 nitrogen and oxygen atoms in total. The molecule has 1 unspecified atom stereocenters. The highest BCUT2D eigenvalue weighted by atomic mass is 16.5. The third-order valence-electron chi connectivity index (χ3n) is 2.94. The molecule has 0 saturated carbocycles. The maximum Gasteiger partial charge on any atom is 0.0615 e. The van der Waals surface area contributed by atoms with E-state index in [0.29, 0.717) is 11.7 Å². The van der Waals surface area contributed by atoms with Gasteiger partial charge in [-0.1, -0.05) is 6.92 Å². The van der Waals surface area contributed by atoms with Crippen LogP contribution in [0.1, 0.15) is 19.5 Å². The average molecular weight is 237 g/mol. The number of hydrogen-bond acceptors (Lipinski definition) is 4. The van der Waals surface area contributed by atoms with Crippen LogP contribution >= 0.6 is 0 Å². The highest BCUT2D eigenvalue weighted by molar-refractivity contribution is 5.34. The number of nitrogens with two attached hydrogens (primary N) is 1. The zero-order valence-corrected chi connectivity index (χ0v) is 11.0. The van der Waals surface area contributed by atoms with Crippen LogP contribution in [0.3, 0.4) is 0 Å². The molecule has 0 aliphatic rings. The lowest BCUT2D eigenvalue weighted by atomic mass is 10.2. The van der Waals surface area contributed by atoms with Crippen LogP contribution in [-0.2, 0) is 11.2 Å². The Bertz CT molecular complexity index is 313. The highest BCUT2D eigenvalue weighted by Gasteiger charge is 2.11. The number of nitrogens with zero attached hydrogens (tertiary/aromatic N) is 2. The smallest absolute Gasteiger partial charge is 0.0615 e. The minimum Gasteiger partial charge on any atom is -0.397 e. The minimum atomic E-state index is 0.443. The lowest BCUT2D eigenvalue weighted by Crippen LogP contribution is -2.37. The van der Waals surface area contributed by atoms with Gasteiger partial charge in [-0.25, -0.2) is 0 Å². The summed E-state index contributed by atoms with van der Waals surface area (Å²) in [4.78, 5) is 6.70. The Kier molecular flexibility index (Phi) is 5.94. The van der Waals surface area contributed by atoms with Crippen LogP contribution < -0.4 is 5.73 Å². The molecule has 0 aliphatic carbocycles. The van der Waals surface area contributed by atoms with Crippen LogP contribution in [0.2, 0.25) is 0 Å². The average Bonchev–Trinajstić information content (AvgIpc) is 2.32. The van der Waals surface area contributed by atoms with Gasteiger partial charge in [0.15, 0.2) is 0 Å². The van der Waals surface area contributed by atoms with Gasteiger partial charge in [0.2, 0.25) is 0 Å². The molecule has 17 heavy (non-hydrogen) atoms. The van der Waals surface area contributed by atoms with Gasteiger partial charge in [0.05, 0.1) is 18.5 Å². The van der Waals surface area contributed by atoms with Gasteiger partial charge in [0.1, 0.15) is 0 Å². The Hall–Kier alpha value is -1.13. The van der Waals surface area contributed by atoms with E-state index in [4.69, 9.17) is 10.5 Å². The molecule has 1 heterocycles. The van der Waals surface area contributed by atoms with Crippen LogP contribution in [-0.4, -0.2) is 42.7 Å². The van der Waals surface area contributed by atoms with E-state index in [1.807, 2.05) is 12.1 Å². The molecule has 0 fully saturated rings. The van der Waals surface area contributed by atoms with E-state index in [9.17, 15) is 0 Å². The zero-order valence-electron chi connectivity index (χ0n) is 11.0. The first kappa shape index (κ1) is 13.9. The standard InChI is InChI=1S/C13H23N3O/c1-4-16(11(2)10-17-3)8-7-13-6-5-12(14)9-15-13/h5-6,9,11H,4,7-8,10,14H2,1-3H3. The SMILES string of the molecule is CCN(CCc1ccc(N)cn1)C(C)COC. The summed E-state index contributed by atoms with van der Waals surface area (Å²) in [6, 6.07) is 4.33. The van der Waals surface area contributed by atoms with Crippen LogP contribution in [0.15, 0.2) is 18.3 Å². The summed E-state index contributed by atoms with van der Waals surface area (Å²) >= 11 is 0. The molecular weight excluding hydrogens is 214 g/mol. The molecule has 4 heteroatoms. The molecule has 0 radical (unpaired) electrons. The van der Waals surface area contributed by atoms with Crippen molar-refractivity contribution in [1.82, 2.24) is 9.88 Å². The maximum atomic E-state index is 5.61. The van der Waals surface area contributed by atoms with Crippen molar-refractivity contribution >= 4 is 5.69 Å². The van der Waals surface area contributed by atoms with Crippen molar-refractivity contribution in [1.29, 1.82) is 0 Å². The van der Waals surface area contributed by atoms with E-state index in [1.54, 1.807) is 13.3 Å². The van der Waals surface area contributed by atoms with Crippen molar-refractivity contribution in [3.8, 4) is 0 Å². The van der Waals surface area contributed by atoms with Crippen molar-refractivity contribution in [2.45, 2.75) is 26.3 Å². The quantitative estimate of drug-likeness (QED) is 0.782. The number of rotatable bonds is 7. The second-order valence-electron chi connectivity index (χ2n) is 4.27. The number of aromatic nitrogens is 1. The fourth-order valence-corrected chi connectivity index (χ4v) is 1.88. The number of likely N-dealkylation sites (N-methyl/N-ethyl adjacent to an activating group) is 1. The van der Waals surface area contributed by atoms with Crippen molar-refractivity contribution in [3.05, 3.63) is 24.0 Å². The summed E-state index contributed by atoms with van der Waals surface area (Å²) in [6.45, 7) is 7.15. The summed E-state index contributed by atoms with van der Waals surface area (Å²) in [7, 11) is 1.74. The van der Waals surface area contributed by atoms with Crippen molar-refractivity contribution in [2.24, 2.45) is 0 Å². The van der Waals surface area contributed by atoms with Crippen LogP contribution in [0.25, 0.3) is 0 Å². The summed E-state index contributed by atoms with van der Waals surface area (Å²) in [5.74, 6) is 0. The van der Waals surface area contributed by atoms with Gasteiger partial charge in [0, 0.05) is 31.8 Å². The predicted molar refractivity (Wildman–Crippen MR) is 70.9 cm³/mol. The molecule has 0 amide bonds. The number of methoxy groups -OCH3 is 1. The molecule has 2 N–H and O–H groups in total. The minimum absolute atomic E-state index is 0.443. The molecule has 1 aromatic heterocycles. The van der Waals surface area contributed by atoms with E-state index in [0.717, 1.165) is 31.8 Å². The Morgan fingerprint density at radius 3 is 2.76 bits per heavy atom. The lowest BCUT2D eigenvalue weighted by molar-refractivity contribution is 0.103. The first-order chi connectivity index (χ1) is 8.17. The van der Waals surface area contributed by atoms with Crippen LogP contribution in [0, 0.1) is 0 Å². The van der Waals surface area contributed by atoms with Crippen LogP contribution in [0.4, 0.5) is 5.69 Å². The van der Waals surface area contributed by atoms with Crippen molar-refractivity contribution < 1.29 is 4.74 Å². The normalized spacial score (nSPS) is 12.9. The zero-order chi connectivity index (χ0) is 12.7. The third kappa shape index (κ3) is 4.71. The number of nitrogen functional groups attached to an aromatic ring is 1. The van der Waals surface area contributed by atoms with Gasteiger partial charge in [0.25, 0.3) is 0 Å². The molecular formula is C13H23N3O. The van der Waals surface area contributed by atoms with Gasteiger partial charge in [-0.15, -0.1) is 0 Å². The summed E-state index contributed by atoms with van der Waals surface area (Å²) < 4.78 is 5.18. The van der Waals surface area contributed by atoms with Gasteiger partial charge < -0.3 is 10.5 Å². The number of anilines is 1. The Labute approximate surface area is 104 Å². The number of ether oxygens (including phenoxy) is 1. The Morgan fingerprint density at radius 2 is 2.24 bits per heavy atom. The second-order valence-corrected chi connectivity index (χ2v) is 4.27. The Balaban J connectivity index is 2.44. The fraction of sp³-hybridized carbons (Fsp3) is 0.615. The van der Waals surface area contributed by atoms with E-state index in [1.165, 1.54) is 0 Å². The van der Waals surface area contributed by atoms with E-state index in [2.05, 4.69) is 23.7 Å². The highest BCUT2D eigenvalue weighted by Crippen LogP contribution is 2.05. The number of hydrogen-bond donors (Lipinski definition) is 1. The van der Waals surface area contributed by atoms with Gasteiger partial charge >= 0.3 is 0 Å². The molecule has 0 aliphatic heterocycles. The summed E-state index contributed by atoms with van der Waals surface area (Å²) in [6.07, 6.45) is 2.66. The van der Waals surface area contributed by atoms with Crippen molar-refractivity contribution in [3.63, 3.8) is 0 Å². The second kappa shape index (κ2) is 7.25. The van der Waals surface area contributed by atoms with E-state index >= 15 is 0 Å². The lowest BCUT2D eigenvalue weighted by Gasteiger charge is -2.27. The molecule has 0 spiro atoms. The van der Waals surface area contributed by atoms with Gasteiger partial charge in [-0.05, 0) is 25.6 Å². The van der Waals surface area contributed by atoms with Gasteiger partial charge in [-0.3, -0.25) is 9.88 Å². The summed E-state index contributed by atoms with van der Waals surface area (Å²) in [5, 5.41) is 0. The van der Waals surface area contributed by atoms with E-state index in [-0.39, 0.29) is 0 Å². The first-order valence-corrected chi connectivity index (χ1v) is 6.10. The maximum absolute atomic E-state index is 5.61. The van der Waals surface area contributed by atoms with E-state index < -0.39 is 0 Å². The monoisotopic (exact) mass is 237 g/mol. The van der Waals surface area contributed by atoms with Crippen molar-refractivity contribution in [2.75, 3.05) is 32.5 Å². The largest absolute Gasteiger partial charge is 0.397 e. The summed E-state index contributed by atoms with van der Waals surface area (Å²) in [5.41, 5.74) is 7.41. The molecule has 96 valence electrons. The molecule has 0 aromatic carbocycles. The first-order valence-electron chi connectivity index (χ1n) is 6.10. The molecule has 0 bridgehead atoms. The molecule has 1 atom stereocenters. The van der Waals surface area contributed by atoms with Crippen LogP contribution in [0.5, 0.6) is 0 Å². The third-order valence-corrected chi connectivity index (χ3v) is 2.94. The van der Waals surface area contributed by atoms with Gasteiger partial charge in [-0.2, -0.15) is 0 Å². The molecule has 1 rings (SSSR count).